The summed E-state index contributed by atoms with van der Waals surface area (Å²) in [7, 11) is 0. The summed E-state index contributed by atoms with van der Waals surface area (Å²) in [6.07, 6.45) is 0. The van der Waals surface area contributed by atoms with Crippen molar-refractivity contribution in [2.45, 2.75) is 19.3 Å². The van der Waals surface area contributed by atoms with Crippen molar-refractivity contribution in [3.05, 3.63) is 211 Å². The van der Waals surface area contributed by atoms with Crippen LogP contribution in [-0.2, 0) is 5.41 Å². The number of nitrogens with zero attached hydrogens (tertiary/aromatic N) is 3. The maximum absolute atomic E-state index is 5.32. The predicted molar refractivity (Wildman–Crippen MR) is 241 cm³/mol. The zero-order chi connectivity index (χ0) is 38.8. The number of fused-ring (bicyclic) bond motifs is 6. The molecule has 1 aliphatic carbocycles. The molecule has 0 aliphatic heterocycles. The second-order valence-electron chi connectivity index (χ2n) is 15.8. The molecule has 274 valence electrons. The highest BCUT2D eigenvalue weighted by molar-refractivity contribution is 6.10. The standard InChI is InChI=1S/C55H39N3/c1-55(2)48-24-14-12-22-44(48)45-28-26-38(34-49(45)55)41-30-40(36-16-6-3-7-17-36)31-42(32-41)51-35-50(56-54(57-51)37-18-8-4-9-19-37)39-27-29-53-47(33-39)46-23-13-15-25-52(46)58(53)43-20-10-5-11-21-43/h3-35H,1-2H3. The second kappa shape index (κ2) is 13.4. The summed E-state index contributed by atoms with van der Waals surface area (Å²) in [6, 6.07) is 71.9. The van der Waals surface area contributed by atoms with Crippen LogP contribution in [0.3, 0.4) is 0 Å². The Morgan fingerprint density at radius 3 is 1.71 bits per heavy atom. The Morgan fingerprint density at radius 2 is 0.931 bits per heavy atom. The van der Waals surface area contributed by atoms with Crippen molar-refractivity contribution in [1.29, 1.82) is 0 Å². The lowest BCUT2D eigenvalue weighted by Crippen LogP contribution is -2.14. The van der Waals surface area contributed by atoms with Crippen molar-refractivity contribution in [3.63, 3.8) is 0 Å². The van der Waals surface area contributed by atoms with Gasteiger partial charge in [-0.2, -0.15) is 0 Å². The zero-order valence-electron chi connectivity index (χ0n) is 32.4. The van der Waals surface area contributed by atoms with Crippen molar-refractivity contribution < 1.29 is 0 Å². The molecule has 0 saturated carbocycles. The van der Waals surface area contributed by atoms with Gasteiger partial charge in [0.05, 0.1) is 22.4 Å². The molecule has 58 heavy (non-hydrogen) atoms. The van der Waals surface area contributed by atoms with Crippen molar-refractivity contribution in [2.24, 2.45) is 0 Å². The summed E-state index contributed by atoms with van der Waals surface area (Å²) >= 11 is 0. The average Bonchev–Trinajstić information content (AvgIpc) is 3.74. The molecule has 0 N–H and O–H groups in total. The van der Waals surface area contributed by atoms with Gasteiger partial charge in [-0.15, -0.1) is 0 Å². The monoisotopic (exact) mass is 741 g/mol. The van der Waals surface area contributed by atoms with E-state index in [1.54, 1.807) is 0 Å². The lowest BCUT2D eigenvalue weighted by Gasteiger charge is -2.22. The molecule has 2 heterocycles. The number of rotatable bonds is 6. The third kappa shape index (κ3) is 5.58. The minimum atomic E-state index is -0.0948. The van der Waals surface area contributed by atoms with Crippen LogP contribution in [0.4, 0.5) is 0 Å². The van der Waals surface area contributed by atoms with Crippen LogP contribution in [0.1, 0.15) is 25.0 Å². The minimum Gasteiger partial charge on any atom is -0.309 e. The first-order chi connectivity index (χ1) is 28.5. The lowest BCUT2D eigenvalue weighted by molar-refractivity contribution is 0.660. The third-order valence-corrected chi connectivity index (χ3v) is 12.0. The summed E-state index contributed by atoms with van der Waals surface area (Å²) in [6.45, 7) is 4.69. The van der Waals surface area contributed by atoms with E-state index in [1.807, 2.05) is 6.07 Å². The number of aromatic nitrogens is 3. The van der Waals surface area contributed by atoms with Gasteiger partial charge in [-0.1, -0.05) is 153 Å². The van der Waals surface area contributed by atoms with Gasteiger partial charge >= 0.3 is 0 Å². The summed E-state index contributed by atoms with van der Waals surface area (Å²) in [5.41, 5.74) is 18.3. The topological polar surface area (TPSA) is 30.7 Å². The first kappa shape index (κ1) is 33.9. The quantitative estimate of drug-likeness (QED) is 0.170. The van der Waals surface area contributed by atoms with Crippen LogP contribution in [0.5, 0.6) is 0 Å². The van der Waals surface area contributed by atoms with Crippen molar-refractivity contribution in [1.82, 2.24) is 14.5 Å². The Balaban J connectivity index is 1.11. The number of hydrogen-bond acceptors (Lipinski definition) is 2. The van der Waals surface area contributed by atoms with Crippen LogP contribution in [-0.4, -0.2) is 14.5 Å². The molecule has 0 radical (unpaired) electrons. The maximum Gasteiger partial charge on any atom is 0.160 e. The van der Waals surface area contributed by atoms with Gasteiger partial charge in [0.15, 0.2) is 5.82 Å². The van der Waals surface area contributed by atoms with Gasteiger partial charge in [-0.3, -0.25) is 0 Å². The highest BCUT2D eigenvalue weighted by Crippen LogP contribution is 2.50. The zero-order valence-corrected chi connectivity index (χ0v) is 32.4. The SMILES string of the molecule is CC1(C)c2ccccc2-c2ccc(-c3cc(-c4ccccc4)cc(-c4cc(-c5ccc6c(c5)c5ccccc5n6-c5ccccc5)nc(-c5ccccc5)n4)c3)cc21. The van der Waals surface area contributed by atoms with Gasteiger partial charge in [0.2, 0.25) is 0 Å². The molecular weight excluding hydrogens is 703 g/mol. The van der Waals surface area contributed by atoms with E-state index in [1.165, 1.54) is 44.1 Å². The van der Waals surface area contributed by atoms with E-state index in [-0.39, 0.29) is 5.41 Å². The van der Waals surface area contributed by atoms with E-state index in [2.05, 4.69) is 213 Å². The van der Waals surface area contributed by atoms with Gasteiger partial charge in [-0.25, -0.2) is 9.97 Å². The summed E-state index contributed by atoms with van der Waals surface area (Å²) in [4.78, 5) is 10.6. The van der Waals surface area contributed by atoms with Crippen LogP contribution in [0, 0.1) is 0 Å². The molecule has 1 aliphatic rings. The van der Waals surface area contributed by atoms with Crippen LogP contribution < -0.4 is 0 Å². The summed E-state index contributed by atoms with van der Waals surface area (Å²) < 4.78 is 2.35. The molecule has 0 spiro atoms. The fraction of sp³-hybridized carbons (Fsp3) is 0.0545. The fourth-order valence-electron chi connectivity index (χ4n) is 9.07. The highest BCUT2D eigenvalue weighted by Gasteiger charge is 2.35. The van der Waals surface area contributed by atoms with Crippen LogP contribution in [0.25, 0.3) is 94.8 Å². The van der Waals surface area contributed by atoms with E-state index < -0.39 is 0 Å². The van der Waals surface area contributed by atoms with E-state index in [4.69, 9.17) is 9.97 Å². The molecule has 11 rings (SSSR count). The van der Waals surface area contributed by atoms with E-state index >= 15 is 0 Å². The first-order valence-corrected chi connectivity index (χ1v) is 20.0. The molecule has 10 aromatic rings. The molecule has 0 saturated heterocycles. The molecule has 0 amide bonds. The normalized spacial score (nSPS) is 12.8. The van der Waals surface area contributed by atoms with Gasteiger partial charge in [0, 0.05) is 38.6 Å². The van der Waals surface area contributed by atoms with Crippen LogP contribution in [0.15, 0.2) is 200 Å². The van der Waals surface area contributed by atoms with Crippen LogP contribution >= 0.6 is 0 Å². The number of para-hydroxylation sites is 2. The molecule has 8 aromatic carbocycles. The van der Waals surface area contributed by atoms with Crippen LogP contribution in [0.2, 0.25) is 0 Å². The fourth-order valence-corrected chi connectivity index (χ4v) is 9.07. The molecule has 0 fully saturated rings. The van der Waals surface area contributed by atoms with Crippen molar-refractivity contribution in [3.8, 4) is 73.0 Å². The van der Waals surface area contributed by atoms with Crippen molar-refractivity contribution >= 4 is 21.8 Å². The molecular formula is C55H39N3. The largest absolute Gasteiger partial charge is 0.309 e. The number of benzene rings is 8. The minimum absolute atomic E-state index is 0.0948. The molecule has 2 aromatic heterocycles. The Morgan fingerprint density at radius 1 is 0.362 bits per heavy atom. The third-order valence-electron chi connectivity index (χ3n) is 12.0. The summed E-state index contributed by atoms with van der Waals surface area (Å²) in [5.74, 6) is 0.698. The van der Waals surface area contributed by atoms with Gasteiger partial charge < -0.3 is 4.57 Å². The molecule has 3 heteroatoms. The van der Waals surface area contributed by atoms with Crippen molar-refractivity contribution in [2.75, 3.05) is 0 Å². The van der Waals surface area contributed by atoms with E-state index in [0.717, 1.165) is 56.0 Å². The Kier molecular flexibility index (Phi) is 7.84. The Labute approximate surface area is 338 Å². The maximum atomic E-state index is 5.32. The van der Waals surface area contributed by atoms with Gasteiger partial charge in [-0.05, 0) is 105 Å². The predicted octanol–water partition coefficient (Wildman–Crippen LogP) is 14.2. The molecule has 3 nitrogen and oxygen atoms in total. The second-order valence-corrected chi connectivity index (χ2v) is 15.8. The number of hydrogen-bond donors (Lipinski definition) is 0. The smallest absolute Gasteiger partial charge is 0.160 e. The molecule has 0 bridgehead atoms. The van der Waals surface area contributed by atoms with Gasteiger partial charge in [0.1, 0.15) is 0 Å². The lowest BCUT2D eigenvalue weighted by atomic mass is 9.81. The summed E-state index contributed by atoms with van der Waals surface area (Å²) in [5, 5.41) is 2.40. The Bertz CT molecular complexity index is 3180. The average molecular weight is 742 g/mol. The van der Waals surface area contributed by atoms with Gasteiger partial charge in [0.25, 0.3) is 0 Å². The van der Waals surface area contributed by atoms with E-state index in [0.29, 0.717) is 5.82 Å². The molecule has 0 atom stereocenters. The van der Waals surface area contributed by atoms with E-state index in [9.17, 15) is 0 Å². The Hall–Kier alpha value is -7.36. The highest BCUT2D eigenvalue weighted by atomic mass is 15.0. The molecule has 0 unspecified atom stereocenters. The first-order valence-electron chi connectivity index (χ1n) is 20.0.